The summed E-state index contributed by atoms with van der Waals surface area (Å²) in [6, 6.07) is 12.6. The second-order valence-corrected chi connectivity index (χ2v) is 5.71. The monoisotopic (exact) mass is 286 g/mol. The van der Waals surface area contributed by atoms with Crippen LogP contribution in [0.2, 0.25) is 0 Å². The molecule has 2 aromatic rings. The number of nitrogens with zero attached hydrogens (tertiary/aromatic N) is 1. The molecule has 3 nitrogen and oxygen atoms in total. The van der Waals surface area contributed by atoms with Crippen LogP contribution in [-0.2, 0) is 6.54 Å². The lowest BCUT2D eigenvalue weighted by molar-refractivity contribution is 0.302. The molecule has 0 saturated carbocycles. The van der Waals surface area contributed by atoms with E-state index in [9.17, 15) is 0 Å². The van der Waals surface area contributed by atoms with E-state index in [2.05, 4.69) is 42.2 Å². The summed E-state index contributed by atoms with van der Waals surface area (Å²) in [6.45, 7) is 6.22. The first-order chi connectivity index (χ1) is 10.2. The van der Waals surface area contributed by atoms with Crippen LogP contribution in [0.25, 0.3) is 0 Å². The zero-order chi connectivity index (χ0) is 15.1. The van der Waals surface area contributed by atoms with Crippen LogP contribution >= 0.6 is 0 Å². The van der Waals surface area contributed by atoms with E-state index in [4.69, 9.17) is 4.74 Å². The van der Waals surface area contributed by atoms with Gasteiger partial charge in [0.1, 0.15) is 5.75 Å². The Morgan fingerprint density at radius 3 is 2.57 bits per heavy atom. The zero-order valence-corrected chi connectivity index (χ0v) is 13.3. The summed E-state index contributed by atoms with van der Waals surface area (Å²) in [5.41, 5.74) is 1.36. The van der Waals surface area contributed by atoms with E-state index in [-0.39, 0.29) is 0 Å². The van der Waals surface area contributed by atoms with Crippen LogP contribution < -0.4 is 10.1 Å². The maximum absolute atomic E-state index is 5.72. The number of aromatic nitrogens is 1. The van der Waals surface area contributed by atoms with Crippen molar-refractivity contribution in [1.29, 1.82) is 0 Å². The van der Waals surface area contributed by atoms with Crippen LogP contribution in [0.5, 0.6) is 5.75 Å². The van der Waals surface area contributed by atoms with Gasteiger partial charge in [-0.3, -0.25) is 0 Å². The van der Waals surface area contributed by atoms with E-state index in [1.165, 1.54) is 5.56 Å². The Balaban J connectivity index is 1.78. The third-order valence-electron chi connectivity index (χ3n) is 3.68. The molecule has 114 valence electrons. The highest BCUT2D eigenvalue weighted by Crippen LogP contribution is 2.21. The molecule has 2 rings (SSSR count). The minimum Gasteiger partial charge on any atom is -0.494 e. The quantitative estimate of drug-likeness (QED) is 0.745. The molecule has 0 fully saturated rings. The van der Waals surface area contributed by atoms with Gasteiger partial charge in [-0.1, -0.05) is 32.0 Å². The van der Waals surface area contributed by atoms with Crippen molar-refractivity contribution >= 4 is 0 Å². The molecule has 1 unspecified atom stereocenters. The molecule has 3 heteroatoms. The van der Waals surface area contributed by atoms with Gasteiger partial charge in [-0.15, -0.1) is 0 Å². The van der Waals surface area contributed by atoms with E-state index in [1.807, 2.05) is 37.4 Å². The number of para-hydroxylation sites is 1. The van der Waals surface area contributed by atoms with E-state index in [0.717, 1.165) is 25.3 Å². The number of ether oxygens (including phenoxy) is 1. The molecule has 0 aliphatic rings. The van der Waals surface area contributed by atoms with Crippen molar-refractivity contribution < 1.29 is 4.74 Å². The molecule has 21 heavy (non-hydrogen) atoms. The number of aryl methyl sites for hydroxylation is 1. The summed E-state index contributed by atoms with van der Waals surface area (Å²) in [7, 11) is 2.02. The summed E-state index contributed by atoms with van der Waals surface area (Å²) < 4.78 is 7.96. The molecule has 1 aromatic carbocycles. The minimum atomic E-state index is 0.423. The Morgan fingerprint density at radius 1 is 1.14 bits per heavy atom. The molecule has 1 atom stereocenters. The summed E-state index contributed by atoms with van der Waals surface area (Å²) in [6.07, 6.45) is 5.41. The highest BCUT2D eigenvalue weighted by molar-refractivity contribution is 5.20. The first-order valence-corrected chi connectivity index (χ1v) is 7.71. The minimum absolute atomic E-state index is 0.423. The largest absolute Gasteiger partial charge is 0.494 e. The van der Waals surface area contributed by atoms with E-state index >= 15 is 0 Å². The third-order valence-corrected chi connectivity index (χ3v) is 3.68. The highest BCUT2D eigenvalue weighted by atomic mass is 16.5. The third kappa shape index (κ3) is 4.64. The molecule has 0 spiro atoms. The number of nitrogens with one attached hydrogen (secondary N) is 1. The van der Waals surface area contributed by atoms with Gasteiger partial charge in [0.25, 0.3) is 0 Å². The lowest BCUT2D eigenvalue weighted by Gasteiger charge is -2.18. The SMILES string of the molecule is CNC(c1ccn(CCCOc2ccccc2)c1)C(C)C. The van der Waals surface area contributed by atoms with Crippen LogP contribution in [0.15, 0.2) is 48.8 Å². The Labute approximate surface area is 127 Å². The zero-order valence-electron chi connectivity index (χ0n) is 13.3. The van der Waals surface area contributed by atoms with Gasteiger partial charge in [-0.25, -0.2) is 0 Å². The Hall–Kier alpha value is -1.74. The topological polar surface area (TPSA) is 26.2 Å². The van der Waals surface area contributed by atoms with Crippen molar-refractivity contribution in [3.05, 3.63) is 54.4 Å². The smallest absolute Gasteiger partial charge is 0.119 e. The second-order valence-electron chi connectivity index (χ2n) is 5.71. The standard InChI is InChI=1S/C18H26N2O/c1-15(2)18(19-3)16-10-12-20(14-16)11-7-13-21-17-8-5-4-6-9-17/h4-6,8-10,12,14-15,18-19H,7,11,13H2,1-3H3. The van der Waals surface area contributed by atoms with Gasteiger partial charge in [-0.2, -0.15) is 0 Å². The highest BCUT2D eigenvalue weighted by Gasteiger charge is 2.14. The van der Waals surface area contributed by atoms with E-state index < -0.39 is 0 Å². The maximum Gasteiger partial charge on any atom is 0.119 e. The van der Waals surface area contributed by atoms with Crippen molar-refractivity contribution in [3.63, 3.8) is 0 Å². The van der Waals surface area contributed by atoms with Gasteiger partial charge in [-0.05, 0) is 43.1 Å². The Morgan fingerprint density at radius 2 is 1.90 bits per heavy atom. The molecule has 0 saturated heterocycles. The van der Waals surface area contributed by atoms with Gasteiger partial charge in [0.15, 0.2) is 0 Å². The van der Waals surface area contributed by atoms with Gasteiger partial charge < -0.3 is 14.6 Å². The molecule has 0 aliphatic carbocycles. The molecule has 0 amide bonds. The van der Waals surface area contributed by atoms with Crippen molar-refractivity contribution in [1.82, 2.24) is 9.88 Å². The summed E-state index contributed by atoms with van der Waals surface area (Å²) in [4.78, 5) is 0. The van der Waals surface area contributed by atoms with Gasteiger partial charge in [0.2, 0.25) is 0 Å². The fourth-order valence-corrected chi connectivity index (χ4v) is 2.62. The first kappa shape index (κ1) is 15.6. The maximum atomic E-state index is 5.72. The number of rotatable bonds is 8. The van der Waals surface area contributed by atoms with Crippen LogP contribution in [0.1, 0.15) is 31.9 Å². The van der Waals surface area contributed by atoms with Crippen LogP contribution in [0, 0.1) is 5.92 Å². The lowest BCUT2D eigenvalue weighted by Crippen LogP contribution is -2.21. The molecule has 0 aliphatic heterocycles. The number of benzene rings is 1. The number of hydrogen-bond acceptors (Lipinski definition) is 2. The molecular formula is C18H26N2O. The van der Waals surface area contributed by atoms with Crippen molar-refractivity contribution in [2.45, 2.75) is 32.9 Å². The van der Waals surface area contributed by atoms with Crippen molar-refractivity contribution in [3.8, 4) is 5.75 Å². The predicted octanol–water partition coefficient (Wildman–Crippen LogP) is 3.87. The molecule has 0 radical (unpaired) electrons. The summed E-state index contributed by atoms with van der Waals surface area (Å²) in [5.74, 6) is 1.54. The fourth-order valence-electron chi connectivity index (χ4n) is 2.62. The van der Waals surface area contributed by atoms with Crippen LogP contribution in [0.3, 0.4) is 0 Å². The van der Waals surface area contributed by atoms with Gasteiger partial charge in [0.05, 0.1) is 6.61 Å². The first-order valence-electron chi connectivity index (χ1n) is 7.71. The number of hydrogen-bond donors (Lipinski definition) is 1. The van der Waals surface area contributed by atoms with Gasteiger partial charge >= 0.3 is 0 Å². The summed E-state index contributed by atoms with van der Waals surface area (Å²) >= 11 is 0. The average Bonchev–Trinajstić information content (AvgIpc) is 2.94. The Bertz CT molecular complexity index is 519. The van der Waals surface area contributed by atoms with E-state index in [0.29, 0.717) is 12.0 Å². The molecule has 1 aromatic heterocycles. The fraction of sp³-hybridized carbons (Fsp3) is 0.444. The van der Waals surface area contributed by atoms with E-state index in [1.54, 1.807) is 0 Å². The van der Waals surface area contributed by atoms with Gasteiger partial charge in [0, 0.05) is 25.0 Å². The van der Waals surface area contributed by atoms with Crippen LogP contribution in [-0.4, -0.2) is 18.2 Å². The van der Waals surface area contributed by atoms with Crippen molar-refractivity contribution in [2.24, 2.45) is 5.92 Å². The molecule has 1 N–H and O–H groups in total. The molecule has 1 heterocycles. The lowest BCUT2D eigenvalue weighted by atomic mass is 9.99. The molecule has 0 bridgehead atoms. The average molecular weight is 286 g/mol. The second kappa shape index (κ2) is 7.89. The molecular weight excluding hydrogens is 260 g/mol. The summed E-state index contributed by atoms with van der Waals surface area (Å²) in [5, 5.41) is 3.38. The Kier molecular flexibility index (Phi) is 5.88. The normalized spacial score (nSPS) is 12.6. The van der Waals surface area contributed by atoms with Crippen LogP contribution in [0.4, 0.5) is 0 Å². The predicted molar refractivity (Wildman–Crippen MR) is 87.6 cm³/mol. The van der Waals surface area contributed by atoms with Crippen molar-refractivity contribution in [2.75, 3.05) is 13.7 Å².